The van der Waals surface area contributed by atoms with Gasteiger partial charge in [0.15, 0.2) is 0 Å². The summed E-state index contributed by atoms with van der Waals surface area (Å²) in [5.41, 5.74) is 0.615. The summed E-state index contributed by atoms with van der Waals surface area (Å²) in [7, 11) is 0. The Morgan fingerprint density at radius 1 is 1.24 bits per heavy atom. The number of amides is 2. The molecule has 4 nitrogen and oxygen atoms in total. The van der Waals surface area contributed by atoms with Gasteiger partial charge < -0.3 is 5.11 Å². The number of nitrogens with zero attached hydrogens (tertiary/aromatic N) is 1. The molecule has 0 spiro atoms. The van der Waals surface area contributed by atoms with Crippen LogP contribution in [0.5, 0.6) is 0 Å². The highest BCUT2D eigenvalue weighted by molar-refractivity contribution is 6.21. The van der Waals surface area contributed by atoms with Crippen LogP contribution in [0.2, 0.25) is 0 Å². The monoisotopic (exact) mass is 235 g/mol. The van der Waals surface area contributed by atoms with E-state index < -0.39 is 6.10 Å². The van der Waals surface area contributed by atoms with Crippen LogP contribution >= 0.6 is 0 Å². The lowest BCUT2D eigenvalue weighted by Gasteiger charge is -2.14. The number of rotatable bonds is 6. The van der Waals surface area contributed by atoms with E-state index in [1.54, 1.807) is 6.92 Å². The molecule has 0 bridgehead atoms. The van der Waals surface area contributed by atoms with Crippen LogP contribution in [0, 0.1) is 0 Å². The van der Waals surface area contributed by atoms with Gasteiger partial charge in [0.25, 0.3) is 11.8 Å². The summed E-state index contributed by atoms with van der Waals surface area (Å²) in [5, 5.41) is 9.12. The van der Waals surface area contributed by atoms with Gasteiger partial charge in [-0.05, 0) is 19.8 Å². The van der Waals surface area contributed by atoms with Crippen LogP contribution in [0.1, 0.15) is 19.8 Å². The smallest absolute Gasteiger partial charge is 0.261 e. The standard InChI is InChI=1S/C13H17NO3/c1-4-10-11(5-2)13(17)14(12(10)16)8-6-7-9(3)15/h4-5,9,15H,1-2,6-8H2,3H3. The van der Waals surface area contributed by atoms with Gasteiger partial charge in [0, 0.05) is 6.54 Å². The van der Waals surface area contributed by atoms with E-state index in [1.165, 1.54) is 17.1 Å². The Labute approximate surface area is 101 Å². The van der Waals surface area contributed by atoms with Crippen molar-refractivity contribution >= 4 is 11.8 Å². The van der Waals surface area contributed by atoms with Gasteiger partial charge in [-0.15, -0.1) is 0 Å². The fourth-order valence-electron chi connectivity index (χ4n) is 1.76. The number of carbonyl (C=O) groups excluding carboxylic acids is 2. The zero-order chi connectivity index (χ0) is 13.0. The fourth-order valence-corrected chi connectivity index (χ4v) is 1.76. The molecule has 0 fully saturated rings. The molecule has 2 amide bonds. The molecule has 0 aliphatic carbocycles. The molecule has 0 radical (unpaired) electrons. The number of aliphatic hydroxyl groups is 1. The number of imide groups is 1. The molecule has 1 aliphatic rings. The zero-order valence-electron chi connectivity index (χ0n) is 9.98. The summed E-state index contributed by atoms with van der Waals surface area (Å²) in [6.45, 7) is 9.04. The summed E-state index contributed by atoms with van der Waals surface area (Å²) in [5.74, 6) is -0.656. The Kier molecular flexibility index (Phi) is 4.40. The van der Waals surface area contributed by atoms with E-state index in [2.05, 4.69) is 13.2 Å². The number of carbonyl (C=O) groups is 2. The lowest BCUT2D eigenvalue weighted by Crippen LogP contribution is -2.32. The molecular weight excluding hydrogens is 218 g/mol. The Morgan fingerprint density at radius 3 is 2.06 bits per heavy atom. The van der Waals surface area contributed by atoms with Gasteiger partial charge in [0.2, 0.25) is 0 Å². The first-order valence-electron chi connectivity index (χ1n) is 5.56. The summed E-state index contributed by atoms with van der Waals surface area (Å²) in [6, 6.07) is 0. The van der Waals surface area contributed by atoms with E-state index in [0.717, 1.165) is 0 Å². The van der Waals surface area contributed by atoms with Gasteiger partial charge in [-0.25, -0.2) is 0 Å². The average molecular weight is 235 g/mol. The second kappa shape index (κ2) is 5.59. The molecule has 0 aromatic rings. The number of aliphatic hydroxyl groups excluding tert-OH is 1. The molecule has 1 heterocycles. The number of hydrogen-bond acceptors (Lipinski definition) is 3. The van der Waals surface area contributed by atoms with E-state index >= 15 is 0 Å². The molecule has 0 aromatic heterocycles. The topological polar surface area (TPSA) is 57.6 Å². The molecule has 0 saturated carbocycles. The Morgan fingerprint density at radius 2 is 1.71 bits per heavy atom. The lowest BCUT2D eigenvalue weighted by atomic mass is 10.1. The maximum atomic E-state index is 11.9. The van der Waals surface area contributed by atoms with Crippen molar-refractivity contribution in [2.24, 2.45) is 0 Å². The summed E-state index contributed by atoms with van der Waals surface area (Å²) in [4.78, 5) is 24.9. The van der Waals surface area contributed by atoms with Crippen LogP contribution in [-0.4, -0.2) is 34.5 Å². The van der Waals surface area contributed by atoms with E-state index in [4.69, 9.17) is 5.11 Å². The SMILES string of the molecule is C=CC1=C(C=C)C(=O)N(CCCC(C)O)C1=O. The van der Waals surface area contributed by atoms with Crippen molar-refractivity contribution in [3.05, 3.63) is 36.5 Å². The van der Waals surface area contributed by atoms with Crippen LogP contribution in [0.3, 0.4) is 0 Å². The van der Waals surface area contributed by atoms with Crippen molar-refractivity contribution < 1.29 is 14.7 Å². The van der Waals surface area contributed by atoms with Crippen molar-refractivity contribution in [2.75, 3.05) is 6.54 Å². The predicted octanol–water partition coefficient (Wildman–Crippen LogP) is 1.18. The van der Waals surface area contributed by atoms with E-state index in [0.29, 0.717) is 30.5 Å². The molecule has 1 atom stereocenters. The van der Waals surface area contributed by atoms with Gasteiger partial charge >= 0.3 is 0 Å². The molecule has 1 N–H and O–H groups in total. The van der Waals surface area contributed by atoms with Gasteiger partial charge in [-0.2, -0.15) is 0 Å². The molecule has 17 heavy (non-hydrogen) atoms. The predicted molar refractivity (Wildman–Crippen MR) is 65.1 cm³/mol. The van der Waals surface area contributed by atoms with Crippen LogP contribution in [-0.2, 0) is 9.59 Å². The van der Waals surface area contributed by atoms with E-state index in [9.17, 15) is 9.59 Å². The average Bonchev–Trinajstić information content (AvgIpc) is 2.51. The van der Waals surface area contributed by atoms with Crippen LogP contribution in [0.4, 0.5) is 0 Å². The second-order valence-electron chi connectivity index (χ2n) is 3.99. The first kappa shape index (κ1) is 13.4. The molecule has 92 valence electrons. The third-order valence-electron chi connectivity index (χ3n) is 2.65. The molecular formula is C13H17NO3. The minimum Gasteiger partial charge on any atom is -0.393 e. The Hall–Kier alpha value is -1.68. The van der Waals surface area contributed by atoms with Crippen molar-refractivity contribution in [1.82, 2.24) is 4.90 Å². The molecule has 1 rings (SSSR count). The third kappa shape index (κ3) is 2.71. The highest BCUT2D eigenvalue weighted by atomic mass is 16.3. The van der Waals surface area contributed by atoms with Crippen molar-refractivity contribution in [3.63, 3.8) is 0 Å². The van der Waals surface area contributed by atoms with Crippen molar-refractivity contribution in [3.8, 4) is 0 Å². The van der Waals surface area contributed by atoms with Gasteiger partial charge in [-0.3, -0.25) is 14.5 Å². The van der Waals surface area contributed by atoms with E-state index in [1.807, 2.05) is 0 Å². The molecule has 4 heteroatoms. The molecule has 1 unspecified atom stereocenters. The Balaban J connectivity index is 2.74. The highest BCUT2D eigenvalue weighted by Crippen LogP contribution is 2.22. The summed E-state index contributed by atoms with van der Waals surface area (Å²) in [6.07, 6.45) is 3.49. The zero-order valence-corrected chi connectivity index (χ0v) is 9.98. The third-order valence-corrected chi connectivity index (χ3v) is 2.65. The summed E-state index contributed by atoms with van der Waals surface area (Å²) < 4.78 is 0. The normalized spacial score (nSPS) is 17.6. The maximum absolute atomic E-state index is 11.9. The lowest BCUT2D eigenvalue weighted by molar-refractivity contribution is -0.137. The first-order chi connectivity index (χ1) is 8.02. The van der Waals surface area contributed by atoms with Gasteiger partial charge in [0.1, 0.15) is 0 Å². The Bertz CT molecular complexity index is 363. The van der Waals surface area contributed by atoms with Gasteiger partial charge in [0.05, 0.1) is 17.3 Å². The first-order valence-corrected chi connectivity index (χ1v) is 5.56. The maximum Gasteiger partial charge on any atom is 0.261 e. The van der Waals surface area contributed by atoms with Crippen LogP contribution in [0.15, 0.2) is 36.5 Å². The minimum absolute atomic E-state index is 0.307. The minimum atomic E-state index is -0.423. The van der Waals surface area contributed by atoms with Crippen molar-refractivity contribution in [2.45, 2.75) is 25.9 Å². The quantitative estimate of drug-likeness (QED) is 0.703. The summed E-state index contributed by atoms with van der Waals surface area (Å²) >= 11 is 0. The van der Waals surface area contributed by atoms with Gasteiger partial charge in [-0.1, -0.05) is 25.3 Å². The van der Waals surface area contributed by atoms with Crippen LogP contribution < -0.4 is 0 Å². The second-order valence-corrected chi connectivity index (χ2v) is 3.99. The molecule has 1 aliphatic heterocycles. The number of hydrogen-bond donors (Lipinski definition) is 1. The van der Waals surface area contributed by atoms with Crippen molar-refractivity contribution in [1.29, 1.82) is 0 Å². The van der Waals surface area contributed by atoms with Crippen LogP contribution in [0.25, 0.3) is 0 Å². The molecule has 0 aromatic carbocycles. The fraction of sp³-hybridized carbons (Fsp3) is 0.385. The highest BCUT2D eigenvalue weighted by Gasteiger charge is 2.34. The molecule has 0 saturated heterocycles. The van der Waals surface area contributed by atoms with E-state index in [-0.39, 0.29) is 11.8 Å². The largest absolute Gasteiger partial charge is 0.393 e.